The van der Waals surface area contributed by atoms with Gasteiger partial charge in [-0.25, -0.2) is 4.39 Å². The Balaban J connectivity index is 1.44. The number of hydrogen-bond donors (Lipinski definition) is 3. The maximum absolute atomic E-state index is 14.8. The molecule has 2 aliphatic rings. The molecule has 3 aromatic rings. The van der Waals surface area contributed by atoms with Crippen molar-refractivity contribution in [3.8, 4) is 12.3 Å². The molecule has 1 aromatic heterocycles. The maximum Gasteiger partial charge on any atom is 0.268 e. The lowest BCUT2D eigenvalue weighted by Gasteiger charge is -2.30. The highest BCUT2D eigenvalue weighted by molar-refractivity contribution is 6.31. The van der Waals surface area contributed by atoms with Crippen LogP contribution < -0.4 is 10.6 Å². The zero-order valence-electron chi connectivity index (χ0n) is 20.4. The van der Waals surface area contributed by atoms with Crippen LogP contribution in [0.1, 0.15) is 42.7 Å². The van der Waals surface area contributed by atoms with Crippen LogP contribution in [0.3, 0.4) is 0 Å². The van der Waals surface area contributed by atoms with Gasteiger partial charge in [-0.3, -0.25) is 14.4 Å². The van der Waals surface area contributed by atoms with E-state index in [0.29, 0.717) is 16.2 Å². The molecule has 3 heterocycles. The predicted molar refractivity (Wildman–Crippen MR) is 140 cm³/mol. The van der Waals surface area contributed by atoms with Crippen LogP contribution in [0.15, 0.2) is 48.5 Å². The van der Waals surface area contributed by atoms with Gasteiger partial charge < -0.3 is 20.5 Å². The molecule has 37 heavy (non-hydrogen) atoms. The van der Waals surface area contributed by atoms with Crippen LogP contribution in [0.5, 0.6) is 0 Å². The summed E-state index contributed by atoms with van der Waals surface area (Å²) in [6, 6.07) is 12.2. The molecule has 1 spiro atoms. The number of benzene rings is 2. The minimum Gasteiger partial charge on any atom is -0.351 e. The molecule has 3 amide bonds. The molecular weight excluding hydrogens is 495 g/mol. The number of carbonyl (C=O) groups is 3. The summed E-state index contributed by atoms with van der Waals surface area (Å²) >= 11 is 6.05. The number of anilines is 1. The van der Waals surface area contributed by atoms with Crippen LogP contribution in [0.25, 0.3) is 10.9 Å². The fourth-order valence-corrected chi connectivity index (χ4v) is 5.55. The van der Waals surface area contributed by atoms with Crippen LogP contribution >= 0.6 is 11.6 Å². The second-order valence-corrected chi connectivity index (χ2v) is 10.7. The number of carbonyl (C=O) groups excluding carboxylic acids is 3. The second kappa shape index (κ2) is 8.93. The fraction of sp³-hybridized carbons (Fsp3) is 0.321. The number of halogens is 2. The molecule has 2 aliphatic heterocycles. The third kappa shape index (κ3) is 4.44. The fourth-order valence-electron chi connectivity index (χ4n) is 5.37. The number of alkyl halides is 1. The highest BCUT2D eigenvalue weighted by Gasteiger charge is 2.56. The van der Waals surface area contributed by atoms with Crippen molar-refractivity contribution in [1.82, 2.24) is 15.2 Å². The molecule has 7 nitrogen and oxygen atoms in total. The van der Waals surface area contributed by atoms with E-state index in [4.69, 9.17) is 18.0 Å². The quantitative estimate of drug-likeness (QED) is 0.440. The van der Waals surface area contributed by atoms with Gasteiger partial charge in [-0.1, -0.05) is 35.7 Å². The smallest absolute Gasteiger partial charge is 0.268 e. The Kier molecular flexibility index (Phi) is 5.99. The van der Waals surface area contributed by atoms with E-state index in [1.54, 1.807) is 30.3 Å². The Labute approximate surface area is 218 Å². The minimum absolute atomic E-state index is 0.0352. The first-order valence-electron chi connectivity index (χ1n) is 12.0. The number of rotatable bonds is 5. The average molecular weight is 521 g/mol. The molecule has 0 radical (unpaired) electrons. The third-order valence-corrected chi connectivity index (χ3v) is 7.31. The van der Waals surface area contributed by atoms with E-state index in [0.717, 1.165) is 10.9 Å². The lowest BCUT2D eigenvalue weighted by molar-refractivity contribution is -0.134. The van der Waals surface area contributed by atoms with Crippen LogP contribution in [0.4, 0.5) is 10.1 Å². The van der Waals surface area contributed by atoms with Gasteiger partial charge in [0.05, 0.1) is 11.5 Å². The zero-order chi connectivity index (χ0) is 26.5. The number of aromatic amines is 1. The van der Waals surface area contributed by atoms with Gasteiger partial charge >= 0.3 is 0 Å². The molecule has 5 rings (SSSR count). The molecular formula is C28H26ClFN4O3. The summed E-state index contributed by atoms with van der Waals surface area (Å²) < 4.78 is 14.8. The summed E-state index contributed by atoms with van der Waals surface area (Å²) in [7, 11) is 0. The van der Waals surface area contributed by atoms with Gasteiger partial charge in [0, 0.05) is 34.6 Å². The first kappa shape index (κ1) is 24.8. The number of nitrogens with zero attached hydrogens (tertiary/aromatic N) is 1. The van der Waals surface area contributed by atoms with Crippen molar-refractivity contribution < 1.29 is 18.8 Å². The zero-order valence-corrected chi connectivity index (χ0v) is 21.2. The Morgan fingerprint density at radius 2 is 2.05 bits per heavy atom. The lowest BCUT2D eigenvalue weighted by atomic mass is 9.79. The van der Waals surface area contributed by atoms with E-state index >= 15 is 0 Å². The molecule has 2 aromatic carbocycles. The molecule has 9 heteroatoms. The number of H-pyrrole nitrogens is 1. The van der Waals surface area contributed by atoms with E-state index in [9.17, 15) is 18.8 Å². The Hall–Kier alpha value is -3.83. The van der Waals surface area contributed by atoms with Crippen molar-refractivity contribution in [3.05, 3.63) is 64.8 Å². The van der Waals surface area contributed by atoms with Gasteiger partial charge in [0.2, 0.25) is 11.8 Å². The topological polar surface area (TPSA) is 94.3 Å². The van der Waals surface area contributed by atoms with Crippen molar-refractivity contribution in [2.24, 2.45) is 0 Å². The Morgan fingerprint density at radius 1 is 1.30 bits per heavy atom. The first-order valence-corrected chi connectivity index (χ1v) is 12.3. The van der Waals surface area contributed by atoms with Crippen molar-refractivity contribution >= 4 is 45.9 Å². The standard InChI is InChI=1S/C28H26ClFN4O3/c1-4-18-13-28(19-7-5-6-8-21(19)33-26(28)37)15-34(18)25(36)23(14-27(2,3)30)32-24(35)22-12-16-11-17(29)9-10-20(16)31-22/h1,5-12,18,23,31H,13-15H2,2-3H3,(H,32,35)(H,33,37). The van der Waals surface area contributed by atoms with E-state index < -0.39 is 35.0 Å². The molecule has 3 atom stereocenters. The maximum atomic E-state index is 14.8. The molecule has 0 aliphatic carbocycles. The van der Waals surface area contributed by atoms with Crippen molar-refractivity contribution in [3.63, 3.8) is 0 Å². The van der Waals surface area contributed by atoms with Crippen molar-refractivity contribution in [1.29, 1.82) is 0 Å². The monoisotopic (exact) mass is 520 g/mol. The van der Waals surface area contributed by atoms with Crippen LogP contribution in [-0.4, -0.2) is 51.9 Å². The Morgan fingerprint density at radius 3 is 2.78 bits per heavy atom. The number of fused-ring (bicyclic) bond motifs is 3. The molecule has 190 valence electrons. The number of aromatic nitrogens is 1. The highest BCUT2D eigenvalue weighted by Crippen LogP contribution is 2.46. The summed E-state index contributed by atoms with van der Waals surface area (Å²) in [6.07, 6.45) is 5.77. The lowest BCUT2D eigenvalue weighted by Crippen LogP contribution is -2.52. The largest absolute Gasteiger partial charge is 0.351 e. The van der Waals surface area contributed by atoms with Crippen molar-refractivity contribution in [2.45, 2.75) is 49.9 Å². The average Bonchev–Trinajstić information content (AvgIpc) is 3.51. The van der Waals surface area contributed by atoms with Crippen LogP contribution in [0.2, 0.25) is 5.02 Å². The summed E-state index contributed by atoms with van der Waals surface area (Å²) in [6.45, 7) is 2.72. The van der Waals surface area contributed by atoms with Gasteiger partial charge in [0.25, 0.3) is 5.91 Å². The highest BCUT2D eigenvalue weighted by atomic mass is 35.5. The van der Waals surface area contributed by atoms with Gasteiger partial charge in [0.15, 0.2) is 0 Å². The summed E-state index contributed by atoms with van der Waals surface area (Å²) in [5, 5.41) is 6.82. The second-order valence-electron chi connectivity index (χ2n) is 10.3. The molecule has 3 unspecified atom stereocenters. The van der Waals surface area contributed by atoms with Gasteiger partial charge in [-0.2, -0.15) is 0 Å². The van der Waals surface area contributed by atoms with Gasteiger partial charge in [-0.05, 0) is 56.2 Å². The molecule has 1 saturated heterocycles. The van der Waals surface area contributed by atoms with Crippen molar-refractivity contribution in [2.75, 3.05) is 11.9 Å². The van der Waals surface area contributed by atoms with E-state index in [1.807, 2.05) is 18.2 Å². The van der Waals surface area contributed by atoms with E-state index in [-0.39, 0.29) is 31.0 Å². The number of nitrogens with one attached hydrogen (secondary N) is 3. The minimum atomic E-state index is -1.76. The number of terminal acetylenes is 1. The van der Waals surface area contributed by atoms with Gasteiger partial charge in [0.1, 0.15) is 17.4 Å². The molecule has 3 N–H and O–H groups in total. The van der Waals surface area contributed by atoms with Crippen LogP contribution in [-0.2, 0) is 15.0 Å². The first-order chi connectivity index (χ1) is 17.5. The summed E-state index contributed by atoms with van der Waals surface area (Å²) in [4.78, 5) is 44.5. The number of hydrogen-bond acceptors (Lipinski definition) is 3. The summed E-state index contributed by atoms with van der Waals surface area (Å²) in [5.41, 5.74) is -0.392. The number of para-hydroxylation sites is 1. The third-order valence-electron chi connectivity index (χ3n) is 7.08. The van der Waals surface area contributed by atoms with Crippen LogP contribution in [0, 0.1) is 12.3 Å². The summed E-state index contributed by atoms with van der Waals surface area (Å²) in [5.74, 6) is 1.30. The van der Waals surface area contributed by atoms with E-state index in [1.165, 1.54) is 18.7 Å². The Bertz CT molecular complexity index is 1470. The number of likely N-dealkylation sites (tertiary alicyclic amines) is 1. The SMILES string of the molecule is C#CC1CC2(CN1C(=O)C(CC(C)(C)F)NC(=O)c1cc3cc(Cl)ccc3[nH]1)C(=O)Nc1ccccc12. The molecule has 0 bridgehead atoms. The normalized spacial score (nSPS) is 21.5. The van der Waals surface area contributed by atoms with E-state index in [2.05, 4.69) is 21.5 Å². The molecule has 1 fully saturated rings. The predicted octanol–water partition coefficient (Wildman–Crippen LogP) is 4.18. The number of amides is 3. The molecule has 0 saturated carbocycles. The van der Waals surface area contributed by atoms with Gasteiger partial charge in [-0.15, -0.1) is 6.42 Å².